The first-order valence-electron chi connectivity index (χ1n) is 4.62. The van der Waals surface area contributed by atoms with Crippen molar-refractivity contribution < 1.29 is 9.26 Å². The van der Waals surface area contributed by atoms with Crippen molar-refractivity contribution in [2.45, 2.75) is 25.7 Å². The van der Waals surface area contributed by atoms with Crippen molar-refractivity contribution in [2.24, 2.45) is 5.73 Å². The standard InChI is InChI=1S/C9H17N3O2/c1-9(2,6-10)8-11-7(12-14-8)4-5-13-3/h4-6,10H2,1-3H3. The molecule has 80 valence electrons. The molecule has 1 aromatic heterocycles. The summed E-state index contributed by atoms with van der Waals surface area (Å²) < 4.78 is 10.0. The molecular formula is C9H17N3O2. The maximum atomic E-state index is 5.60. The predicted molar refractivity (Wildman–Crippen MR) is 52.0 cm³/mol. The quantitative estimate of drug-likeness (QED) is 0.747. The van der Waals surface area contributed by atoms with Crippen LogP contribution in [0.5, 0.6) is 0 Å². The molecule has 0 atom stereocenters. The first kappa shape index (κ1) is 11.1. The summed E-state index contributed by atoms with van der Waals surface area (Å²) in [7, 11) is 1.64. The molecule has 1 heterocycles. The van der Waals surface area contributed by atoms with Crippen molar-refractivity contribution in [3.05, 3.63) is 11.7 Å². The molecule has 2 N–H and O–H groups in total. The van der Waals surface area contributed by atoms with Crippen LogP contribution in [0.3, 0.4) is 0 Å². The van der Waals surface area contributed by atoms with Crippen LogP contribution >= 0.6 is 0 Å². The normalized spacial score (nSPS) is 12.0. The Balaban J connectivity index is 2.67. The highest BCUT2D eigenvalue weighted by molar-refractivity contribution is 5.01. The first-order chi connectivity index (χ1) is 6.60. The lowest BCUT2D eigenvalue weighted by Crippen LogP contribution is -2.28. The van der Waals surface area contributed by atoms with Crippen molar-refractivity contribution in [1.29, 1.82) is 0 Å². The maximum absolute atomic E-state index is 5.60. The third kappa shape index (κ3) is 2.52. The van der Waals surface area contributed by atoms with Crippen molar-refractivity contribution in [2.75, 3.05) is 20.3 Å². The summed E-state index contributed by atoms with van der Waals surface area (Å²) in [6.07, 6.45) is 0.667. The Morgan fingerprint density at radius 2 is 2.21 bits per heavy atom. The van der Waals surface area contributed by atoms with Crippen LogP contribution in [0.25, 0.3) is 0 Å². The molecule has 1 rings (SSSR count). The number of ether oxygens (including phenoxy) is 1. The predicted octanol–water partition coefficient (Wildman–Crippen LogP) is 0.495. The van der Waals surface area contributed by atoms with E-state index in [1.165, 1.54) is 0 Å². The number of rotatable bonds is 5. The van der Waals surface area contributed by atoms with Gasteiger partial charge in [-0.1, -0.05) is 5.16 Å². The molecule has 14 heavy (non-hydrogen) atoms. The van der Waals surface area contributed by atoms with E-state index in [0.29, 0.717) is 31.3 Å². The molecule has 0 fully saturated rings. The molecule has 5 nitrogen and oxygen atoms in total. The molecule has 5 heteroatoms. The highest BCUT2D eigenvalue weighted by Crippen LogP contribution is 2.19. The Bertz CT molecular complexity index is 283. The molecular weight excluding hydrogens is 182 g/mol. The molecule has 0 amide bonds. The topological polar surface area (TPSA) is 74.2 Å². The molecule has 0 aliphatic carbocycles. The second kappa shape index (κ2) is 4.52. The van der Waals surface area contributed by atoms with E-state index in [0.717, 1.165) is 0 Å². The Hall–Kier alpha value is -0.940. The lowest BCUT2D eigenvalue weighted by atomic mass is 9.94. The summed E-state index contributed by atoms with van der Waals surface area (Å²) in [6, 6.07) is 0. The largest absolute Gasteiger partial charge is 0.384 e. The van der Waals surface area contributed by atoms with Crippen LogP contribution in [0.1, 0.15) is 25.6 Å². The van der Waals surface area contributed by atoms with Crippen LogP contribution in [-0.2, 0) is 16.6 Å². The maximum Gasteiger partial charge on any atom is 0.233 e. The van der Waals surface area contributed by atoms with Gasteiger partial charge >= 0.3 is 0 Å². The number of hydrogen-bond acceptors (Lipinski definition) is 5. The molecule has 1 aromatic rings. The van der Waals surface area contributed by atoms with Crippen LogP contribution in [-0.4, -0.2) is 30.4 Å². The molecule has 0 bridgehead atoms. The number of nitrogens with zero attached hydrogens (tertiary/aromatic N) is 2. The highest BCUT2D eigenvalue weighted by atomic mass is 16.5. The van der Waals surface area contributed by atoms with Gasteiger partial charge in [-0.3, -0.25) is 0 Å². The minimum absolute atomic E-state index is 0.252. The number of aromatic nitrogens is 2. The van der Waals surface area contributed by atoms with Gasteiger partial charge in [0.05, 0.1) is 12.0 Å². The van der Waals surface area contributed by atoms with Crippen molar-refractivity contribution in [3.8, 4) is 0 Å². The zero-order valence-electron chi connectivity index (χ0n) is 8.91. The lowest BCUT2D eigenvalue weighted by molar-refractivity contribution is 0.199. The number of hydrogen-bond donors (Lipinski definition) is 1. The fourth-order valence-electron chi connectivity index (χ4n) is 0.911. The van der Waals surface area contributed by atoms with Gasteiger partial charge < -0.3 is 15.0 Å². The zero-order valence-corrected chi connectivity index (χ0v) is 8.91. The van der Waals surface area contributed by atoms with Gasteiger partial charge in [0.2, 0.25) is 5.89 Å². The van der Waals surface area contributed by atoms with Crippen LogP contribution in [0.15, 0.2) is 4.52 Å². The van der Waals surface area contributed by atoms with Gasteiger partial charge in [0.15, 0.2) is 5.82 Å². The average Bonchev–Trinajstić information content (AvgIpc) is 2.63. The van der Waals surface area contributed by atoms with Crippen LogP contribution < -0.4 is 5.73 Å². The van der Waals surface area contributed by atoms with Crippen molar-refractivity contribution in [1.82, 2.24) is 10.1 Å². The van der Waals surface area contributed by atoms with E-state index in [1.54, 1.807) is 7.11 Å². The lowest BCUT2D eigenvalue weighted by Gasteiger charge is -2.15. The Kier molecular flexibility index (Phi) is 3.60. The van der Waals surface area contributed by atoms with E-state index in [-0.39, 0.29) is 5.41 Å². The second-order valence-electron chi connectivity index (χ2n) is 3.85. The fourth-order valence-corrected chi connectivity index (χ4v) is 0.911. The Labute approximate surface area is 83.6 Å². The summed E-state index contributed by atoms with van der Waals surface area (Å²) in [4.78, 5) is 4.25. The molecule has 0 aliphatic heterocycles. The van der Waals surface area contributed by atoms with Gasteiger partial charge in [0, 0.05) is 20.1 Å². The van der Waals surface area contributed by atoms with Gasteiger partial charge in [0.25, 0.3) is 0 Å². The Morgan fingerprint density at radius 1 is 1.50 bits per heavy atom. The molecule has 0 unspecified atom stereocenters. The number of methoxy groups -OCH3 is 1. The molecule has 0 saturated heterocycles. The zero-order chi connectivity index (χ0) is 10.6. The monoisotopic (exact) mass is 199 g/mol. The number of nitrogens with two attached hydrogens (primary N) is 1. The molecule has 0 aromatic carbocycles. The third-order valence-electron chi connectivity index (χ3n) is 2.09. The van der Waals surface area contributed by atoms with Crippen molar-refractivity contribution in [3.63, 3.8) is 0 Å². The molecule has 0 spiro atoms. The van der Waals surface area contributed by atoms with Crippen LogP contribution in [0, 0.1) is 0 Å². The van der Waals surface area contributed by atoms with Gasteiger partial charge in [-0.25, -0.2) is 0 Å². The van der Waals surface area contributed by atoms with Gasteiger partial charge in [-0.15, -0.1) is 0 Å². The summed E-state index contributed by atoms with van der Waals surface area (Å²) in [6.45, 7) is 5.03. The van der Waals surface area contributed by atoms with Gasteiger partial charge in [0.1, 0.15) is 0 Å². The van der Waals surface area contributed by atoms with E-state index < -0.39 is 0 Å². The fraction of sp³-hybridized carbons (Fsp3) is 0.778. The van der Waals surface area contributed by atoms with E-state index in [9.17, 15) is 0 Å². The summed E-state index contributed by atoms with van der Waals surface area (Å²) in [5, 5.41) is 3.85. The molecule has 0 saturated carbocycles. The highest BCUT2D eigenvalue weighted by Gasteiger charge is 2.25. The second-order valence-corrected chi connectivity index (χ2v) is 3.85. The summed E-state index contributed by atoms with van der Waals surface area (Å²) >= 11 is 0. The first-order valence-corrected chi connectivity index (χ1v) is 4.62. The van der Waals surface area contributed by atoms with Crippen molar-refractivity contribution >= 4 is 0 Å². The minimum Gasteiger partial charge on any atom is -0.384 e. The SMILES string of the molecule is COCCc1noc(C(C)(C)CN)n1. The van der Waals surface area contributed by atoms with Gasteiger partial charge in [-0.2, -0.15) is 4.98 Å². The summed E-state index contributed by atoms with van der Waals surface area (Å²) in [5.41, 5.74) is 5.34. The third-order valence-corrected chi connectivity index (χ3v) is 2.09. The smallest absolute Gasteiger partial charge is 0.233 e. The average molecular weight is 199 g/mol. The van der Waals surface area contributed by atoms with E-state index in [2.05, 4.69) is 10.1 Å². The summed E-state index contributed by atoms with van der Waals surface area (Å²) in [5.74, 6) is 1.26. The Morgan fingerprint density at radius 3 is 2.79 bits per heavy atom. The van der Waals surface area contributed by atoms with E-state index in [1.807, 2.05) is 13.8 Å². The van der Waals surface area contributed by atoms with E-state index >= 15 is 0 Å². The van der Waals surface area contributed by atoms with Crippen LogP contribution in [0.4, 0.5) is 0 Å². The molecule has 0 radical (unpaired) electrons. The molecule has 0 aliphatic rings. The van der Waals surface area contributed by atoms with Gasteiger partial charge in [-0.05, 0) is 13.8 Å². The van der Waals surface area contributed by atoms with E-state index in [4.69, 9.17) is 15.0 Å². The van der Waals surface area contributed by atoms with Crippen LogP contribution in [0.2, 0.25) is 0 Å². The minimum atomic E-state index is -0.252.